The molecule has 0 bridgehead atoms. The van der Waals surface area contributed by atoms with E-state index in [1.165, 1.54) is 12.1 Å². The molecule has 0 saturated carbocycles. The SMILES string of the molecule is NP(N)(=O)NCCc1ccc(O)c(O)c1. The second-order valence-electron chi connectivity index (χ2n) is 3.19. The Hall–Kier alpha value is -1.07. The van der Waals surface area contributed by atoms with Gasteiger partial charge in [-0.05, 0) is 24.1 Å². The van der Waals surface area contributed by atoms with Gasteiger partial charge in [0.25, 0.3) is 7.59 Å². The highest BCUT2D eigenvalue weighted by Crippen LogP contribution is 2.25. The van der Waals surface area contributed by atoms with E-state index in [0.717, 1.165) is 5.56 Å². The normalized spacial score (nSPS) is 11.6. The van der Waals surface area contributed by atoms with Crippen LogP contribution in [0.2, 0.25) is 0 Å². The third-order valence-corrected chi connectivity index (χ3v) is 2.53. The van der Waals surface area contributed by atoms with Crippen molar-refractivity contribution >= 4 is 7.59 Å². The Balaban J connectivity index is 2.52. The average molecular weight is 231 g/mol. The number of hydrogen-bond donors (Lipinski definition) is 5. The molecule has 7 N–H and O–H groups in total. The van der Waals surface area contributed by atoms with Crippen LogP contribution in [0, 0.1) is 0 Å². The largest absolute Gasteiger partial charge is 0.504 e. The maximum absolute atomic E-state index is 10.9. The highest BCUT2D eigenvalue weighted by atomic mass is 31.2. The number of nitrogens with two attached hydrogens (primary N) is 2. The average Bonchev–Trinajstić information content (AvgIpc) is 2.09. The van der Waals surface area contributed by atoms with Crippen molar-refractivity contribution in [2.45, 2.75) is 6.42 Å². The van der Waals surface area contributed by atoms with E-state index in [1.54, 1.807) is 6.07 Å². The number of hydrogen-bond acceptors (Lipinski definition) is 3. The lowest BCUT2D eigenvalue weighted by Crippen LogP contribution is -2.24. The van der Waals surface area contributed by atoms with Crippen molar-refractivity contribution in [1.82, 2.24) is 5.09 Å². The van der Waals surface area contributed by atoms with Gasteiger partial charge < -0.3 is 10.2 Å². The van der Waals surface area contributed by atoms with Gasteiger partial charge in [-0.3, -0.25) is 15.6 Å². The number of benzene rings is 1. The van der Waals surface area contributed by atoms with Crippen LogP contribution in [-0.2, 0) is 11.0 Å². The third-order valence-electron chi connectivity index (χ3n) is 1.81. The van der Waals surface area contributed by atoms with Gasteiger partial charge in [0.15, 0.2) is 11.5 Å². The molecule has 0 radical (unpaired) electrons. The summed E-state index contributed by atoms with van der Waals surface area (Å²) in [6.45, 7) is 0.342. The summed E-state index contributed by atoms with van der Waals surface area (Å²) in [5.41, 5.74) is 11.0. The molecule has 7 heteroatoms. The van der Waals surface area contributed by atoms with Crippen molar-refractivity contribution in [2.75, 3.05) is 6.54 Å². The molecule has 0 aliphatic carbocycles. The fraction of sp³-hybridized carbons (Fsp3) is 0.250. The molecular weight excluding hydrogens is 217 g/mol. The van der Waals surface area contributed by atoms with Gasteiger partial charge in [0.2, 0.25) is 0 Å². The van der Waals surface area contributed by atoms with Crippen LogP contribution in [0.25, 0.3) is 0 Å². The first kappa shape index (κ1) is 12.0. The highest BCUT2D eigenvalue weighted by molar-refractivity contribution is 7.56. The van der Waals surface area contributed by atoms with Crippen LogP contribution >= 0.6 is 7.59 Å². The summed E-state index contributed by atoms with van der Waals surface area (Å²) in [5.74, 6) is -0.355. The van der Waals surface area contributed by atoms with Gasteiger partial charge in [0, 0.05) is 6.54 Å². The second-order valence-corrected chi connectivity index (χ2v) is 4.93. The number of aromatic hydroxyl groups is 2. The molecule has 0 aliphatic rings. The maximum atomic E-state index is 10.9. The minimum absolute atomic E-state index is 0.171. The Labute approximate surface area is 87.4 Å². The Morgan fingerprint density at radius 3 is 2.47 bits per heavy atom. The third kappa shape index (κ3) is 4.31. The van der Waals surface area contributed by atoms with Crippen molar-refractivity contribution in [3.05, 3.63) is 23.8 Å². The monoisotopic (exact) mass is 231 g/mol. The Bertz CT molecular complexity index is 391. The van der Waals surface area contributed by atoms with Crippen LogP contribution in [0.3, 0.4) is 0 Å². The van der Waals surface area contributed by atoms with E-state index in [-0.39, 0.29) is 11.5 Å². The van der Waals surface area contributed by atoms with Gasteiger partial charge in [-0.2, -0.15) is 0 Å². The van der Waals surface area contributed by atoms with Crippen LogP contribution in [0.1, 0.15) is 5.56 Å². The molecule has 84 valence electrons. The summed E-state index contributed by atoms with van der Waals surface area (Å²) in [7, 11) is -3.19. The smallest absolute Gasteiger partial charge is 0.273 e. The number of phenolic OH excluding ortho intramolecular Hbond substituents is 2. The lowest BCUT2D eigenvalue weighted by atomic mass is 10.1. The molecular formula is C8H14N3O3P. The first-order valence-corrected chi connectivity index (χ1v) is 6.16. The van der Waals surface area contributed by atoms with Crippen LogP contribution in [0.4, 0.5) is 0 Å². The van der Waals surface area contributed by atoms with Gasteiger partial charge >= 0.3 is 0 Å². The first-order chi connectivity index (χ1) is 6.88. The predicted octanol–water partition coefficient (Wildman–Crippen LogP) is 0.255. The zero-order valence-corrected chi connectivity index (χ0v) is 8.95. The van der Waals surface area contributed by atoms with Gasteiger partial charge in [-0.25, -0.2) is 5.09 Å². The zero-order chi connectivity index (χ0) is 11.5. The minimum atomic E-state index is -3.19. The summed E-state index contributed by atoms with van der Waals surface area (Å²) >= 11 is 0. The van der Waals surface area contributed by atoms with Crippen molar-refractivity contribution in [3.63, 3.8) is 0 Å². The lowest BCUT2D eigenvalue weighted by Gasteiger charge is -2.08. The van der Waals surface area contributed by atoms with Gasteiger partial charge in [-0.1, -0.05) is 6.07 Å². The molecule has 1 aromatic carbocycles. The number of rotatable bonds is 4. The van der Waals surface area contributed by atoms with Crippen LogP contribution in [0.15, 0.2) is 18.2 Å². The van der Waals surface area contributed by atoms with Gasteiger partial charge in [0.1, 0.15) is 0 Å². The molecule has 0 heterocycles. The molecule has 0 aromatic heterocycles. The molecule has 0 aliphatic heterocycles. The number of phenols is 2. The molecule has 1 rings (SSSR count). The van der Waals surface area contributed by atoms with Crippen molar-refractivity contribution in [1.29, 1.82) is 0 Å². The van der Waals surface area contributed by atoms with E-state index in [2.05, 4.69) is 5.09 Å². The van der Waals surface area contributed by atoms with E-state index >= 15 is 0 Å². The molecule has 6 nitrogen and oxygen atoms in total. The summed E-state index contributed by atoms with van der Waals surface area (Å²) in [6, 6.07) is 4.46. The fourth-order valence-electron chi connectivity index (χ4n) is 1.10. The van der Waals surface area contributed by atoms with E-state index < -0.39 is 7.59 Å². The zero-order valence-electron chi connectivity index (χ0n) is 8.05. The summed E-state index contributed by atoms with van der Waals surface area (Å²) in [4.78, 5) is 0. The lowest BCUT2D eigenvalue weighted by molar-refractivity contribution is 0.403. The Kier molecular flexibility index (Phi) is 3.71. The highest BCUT2D eigenvalue weighted by Gasteiger charge is 2.06. The maximum Gasteiger partial charge on any atom is 0.273 e. The van der Waals surface area contributed by atoms with Crippen molar-refractivity contribution in [2.24, 2.45) is 11.0 Å². The quantitative estimate of drug-likeness (QED) is 0.374. The summed E-state index contributed by atoms with van der Waals surface area (Å²) in [5, 5.41) is 20.7. The van der Waals surface area contributed by atoms with Crippen molar-refractivity contribution in [3.8, 4) is 11.5 Å². The minimum Gasteiger partial charge on any atom is -0.504 e. The summed E-state index contributed by atoms with van der Waals surface area (Å²) in [6.07, 6.45) is 0.506. The van der Waals surface area contributed by atoms with Crippen LogP contribution in [-0.4, -0.2) is 16.8 Å². The topological polar surface area (TPSA) is 122 Å². The van der Waals surface area contributed by atoms with Crippen LogP contribution < -0.4 is 16.1 Å². The van der Waals surface area contributed by atoms with E-state index in [0.29, 0.717) is 13.0 Å². The molecule has 0 saturated heterocycles. The Morgan fingerprint density at radius 2 is 1.93 bits per heavy atom. The molecule has 1 aromatic rings. The van der Waals surface area contributed by atoms with Crippen molar-refractivity contribution < 1.29 is 14.8 Å². The molecule has 0 fully saturated rings. The van der Waals surface area contributed by atoms with Gasteiger partial charge in [0.05, 0.1) is 0 Å². The predicted molar refractivity (Wildman–Crippen MR) is 57.5 cm³/mol. The second kappa shape index (κ2) is 4.63. The standard InChI is InChI=1S/C8H14N3O3P/c9-15(10,14)11-4-3-6-1-2-7(12)8(13)5-6/h1-2,5,12-13H,3-4H2,(H5,9,10,11,14). The van der Waals surface area contributed by atoms with Gasteiger partial charge in [-0.15, -0.1) is 0 Å². The van der Waals surface area contributed by atoms with E-state index in [4.69, 9.17) is 16.1 Å². The summed E-state index contributed by atoms with van der Waals surface area (Å²) < 4.78 is 10.9. The molecule has 0 amide bonds. The van der Waals surface area contributed by atoms with E-state index in [1.807, 2.05) is 0 Å². The molecule has 15 heavy (non-hydrogen) atoms. The van der Waals surface area contributed by atoms with Crippen LogP contribution in [0.5, 0.6) is 11.5 Å². The first-order valence-electron chi connectivity index (χ1n) is 4.31. The molecule has 0 spiro atoms. The Morgan fingerprint density at radius 1 is 1.27 bits per heavy atom. The molecule has 0 unspecified atom stereocenters. The molecule has 0 atom stereocenters. The van der Waals surface area contributed by atoms with E-state index in [9.17, 15) is 9.67 Å². The fourth-order valence-corrected chi connectivity index (χ4v) is 1.56. The number of nitrogens with one attached hydrogen (secondary N) is 1.